The highest BCUT2D eigenvalue weighted by molar-refractivity contribution is 5.94. The fraction of sp³-hybridized carbons (Fsp3) is 0.136. The third-order valence-electron chi connectivity index (χ3n) is 4.30. The Morgan fingerprint density at radius 1 is 1.11 bits per heavy atom. The molecule has 0 bridgehead atoms. The van der Waals surface area contributed by atoms with Crippen LogP contribution in [0.5, 0.6) is 5.75 Å². The van der Waals surface area contributed by atoms with E-state index in [0.717, 1.165) is 16.9 Å². The molecule has 1 amide bonds. The number of rotatable bonds is 6. The molecule has 0 fully saturated rings. The minimum Gasteiger partial charge on any atom is -0.487 e. The molecule has 0 saturated heterocycles. The number of carbonyl (C=O) groups excluding carboxylic acids is 1. The predicted octanol–water partition coefficient (Wildman–Crippen LogP) is 3.59. The molecule has 4 rings (SSSR count). The molecule has 3 aromatic heterocycles. The maximum atomic E-state index is 12.5. The molecule has 28 heavy (non-hydrogen) atoms. The number of ether oxygens (including phenoxy) is 1. The van der Waals surface area contributed by atoms with Crippen molar-refractivity contribution in [3.63, 3.8) is 0 Å². The number of nitrogens with zero attached hydrogens (tertiary/aromatic N) is 3. The number of nitrogens with one attached hydrogen (secondary N) is 1. The molecule has 1 N–H and O–H groups in total. The SMILES string of the molecule is CC(CNC(=O)c1ccc2nc(-c3ccccc3)cn2c1)Oc1cccnc1. The maximum absolute atomic E-state index is 12.5. The summed E-state index contributed by atoms with van der Waals surface area (Å²) in [6.07, 6.45) is 6.88. The van der Waals surface area contributed by atoms with Crippen molar-refractivity contribution in [2.24, 2.45) is 0 Å². The molecule has 0 radical (unpaired) electrons. The predicted molar refractivity (Wildman–Crippen MR) is 107 cm³/mol. The highest BCUT2D eigenvalue weighted by atomic mass is 16.5. The van der Waals surface area contributed by atoms with Crippen molar-refractivity contribution in [2.45, 2.75) is 13.0 Å². The van der Waals surface area contributed by atoms with Gasteiger partial charge in [0.05, 0.1) is 24.0 Å². The van der Waals surface area contributed by atoms with E-state index in [4.69, 9.17) is 4.74 Å². The number of aromatic nitrogens is 3. The van der Waals surface area contributed by atoms with Crippen LogP contribution in [0.4, 0.5) is 0 Å². The molecule has 1 unspecified atom stereocenters. The lowest BCUT2D eigenvalue weighted by molar-refractivity contribution is 0.0931. The lowest BCUT2D eigenvalue weighted by atomic mass is 10.2. The van der Waals surface area contributed by atoms with Crippen molar-refractivity contribution >= 4 is 11.6 Å². The van der Waals surface area contributed by atoms with Gasteiger partial charge in [0.2, 0.25) is 0 Å². The van der Waals surface area contributed by atoms with Crippen LogP contribution in [0.1, 0.15) is 17.3 Å². The number of hydrogen-bond donors (Lipinski definition) is 1. The highest BCUT2D eigenvalue weighted by Gasteiger charge is 2.11. The van der Waals surface area contributed by atoms with Crippen LogP contribution in [-0.2, 0) is 0 Å². The first-order chi connectivity index (χ1) is 13.7. The van der Waals surface area contributed by atoms with Crippen molar-refractivity contribution in [3.8, 4) is 17.0 Å². The molecule has 0 spiro atoms. The van der Waals surface area contributed by atoms with Crippen molar-refractivity contribution in [1.82, 2.24) is 19.7 Å². The van der Waals surface area contributed by atoms with Gasteiger partial charge in [0.1, 0.15) is 17.5 Å². The highest BCUT2D eigenvalue weighted by Crippen LogP contribution is 2.19. The minimum atomic E-state index is -0.171. The van der Waals surface area contributed by atoms with Gasteiger partial charge in [-0.05, 0) is 31.2 Å². The molecule has 1 aromatic carbocycles. The molecular weight excluding hydrogens is 352 g/mol. The number of pyridine rings is 2. The molecule has 0 aliphatic rings. The summed E-state index contributed by atoms with van der Waals surface area (Å²) in [6.45, 7) is 2.30. The van der Waals surface area contributed by atoms with E-state index in [9.17, 15) is 4.79 Å². The topological polar surface area (TPSA) is 68.5 Å². The van der Waals surface area contributed by atoms with Gasteiger partial charge >= 0.3 is 0 Å². The van der Waals surface area contributed by atoms with Crippen LogP contribution in [0.2, 0.25) is 0 Å². The monoisotopic (exact) mass is 372 g/mol. The van der Waals surface area contributed by atoms with Crippen molar-refractivity contribution < 1.29 is 9.53 Å². The first kappa shape index (κ1) is 17.7. The smallest absolute Gasteiger partial charge is 0.252 e. The zero-order valence-corrected chi connectivity index (χ0v) is 15.4. The number of fused-ring (bicyclic) bond motifs is 1. The quantitative estimate of drug-likeness (QED) is 0.562. The summed E-state index contributed by atoms with van der Waals surface area (Å²) < 4.78 is 7.60. The zero-order chi connectivity index (χ0) is 19.3. The molecule has 6 nitrogen and oxygen atoms in total. The van der Waals surface area contributed by atoms with E-state index >= 15 is 0 Å². The second-order valence-electron chi connectivity index (χ2n) is 6.50. The van der Waals surface area contributed by atoms with Gasteiger partial charge in [-0.25, -0.2) is 4.98 Å². The fourth-order valence-electron chi connectivity index (χ4n) is 2.90. The van der Waals surface area contributed by atoms with Gasteiger partial charge in [-0.3, -0.25) is 9.78 Å². The second kappa shape index (κ2) is 7.92. The largest absolute Gasteiger partial charge is 0.487 e. The number of hydrogen-bond acceptors (Lipinski definition) is 4. The Morgan fingerprint density at radius 3 is 2.75 bits per heavy atom. The zero-order valence-electron chi connectivity index (χ0n) is 15.4. The van der Waals surface area contributed by atoms with Gasteiger partial charge in [0.15, 0.2) is 0 Å². The van der Waals surface area contributed by atoms with E-state index in [-0.39, 0.29) is 12.0 Å². The lowest BCUT2D eigenvalue weighted by Gasteiger charge is -2.15. The number of amides is 1. The Morgan fingerprint density at radius 2 is 1.96 bits per heavy atom. The normalized spacial score (nSPS) is 11.9. The van der Waals surface area contributed by atoms with E-state index < -0.39 is 0 Å². The van der Waals surface area contributed by atoms with Crippen molar-refractivity contribution in [3.05, 3.63) is 84.9 Å². The van der Waals surface area contributed by atoms with Gasteiger partial charge < -0.3 is 14.5 Å². The van der Waals surface area contributed by atoms with Gasteiger partial charge in [-0.15, -0.1) is 0 Å². The third kappa shape index (κ3) is 4.01. The summed E-state index contributed by atoms with van der Waals surface area (Å²) in [7, 11) is 0. The standard InChI is InChI=1S/C22H20N4O2/c1-16(28-19-8-5-11-23-13-19)12-24-22(27)18-9-10-21-25-20(15-26(21)14-18)17-6-3-2-4-7-17/h2-11,13-16H,12H2,1H3,(H,24,27). The summed E-state index contributed by atoms with van der Waals surface area (Å²) in [5, 5.41) is 2.90. The van der Waals surface area contributed by atoms with E-state index in [1.54, 1.807) is 24.7 Å². The summed E-state index contributed by atoms with van der Waals surface area (Å²) in [4.78, 5) is 21.1. The Hall–Kier alpha value is -3.67. The van der Waals surface area contributed by atoms with E-state index in [1.165, 1.54) is 0 Å². The molecule has 3 heterocycles. The average molecular weight is 372 g/mol. The Kier molecular flexibility index (Phi) is 5.01. The summed E-state index contributed by atoms with van der Waals surface area (Å²) in [6, 6.07) is 17.2. The Labute approximate surface area is 162 Å². The summed E-state index contributed by atoms with van der Waals surface area (Å²) in [5.41, 5.74) is 3.27. The molecule has 0 aliphatic heterocycles. The molecule has 0 aliphatic carbocycles. The summed E-state index contributed by atoms with van der Waals surface area (Å²) in [5.74, 6) is 0.524. The van der Waals surface area contributed by atoms with E-state index in [1.807, 2.05) is 66.1 Å². The molecular formula is C22H20N4O2. The Bertz CT molecular complexity index is 1080. The van der Waals surface area contributed by atoms with Gasteiger partial charge in [0, 0.05) is 24.2 Å². The third-order valence-corrected chi connectivity index (χ3v) is 4.30. The minimum absolute atomic E-state index is 0.154. The Balaban J connectivity index is 1.42. The molecule has 4 aromatic rings. The van der Waals surface area contributed by atoms with Gasteiger partial charge in [-0.2, -0.15) is 0 Å². The van der Waals surface area contributed by atoms with Gasteiger partial charge in [0.25, 0.3) is 5.91 Å². The van der Waals surface area contributed by atoms with Crippen LogP contribution in [0.25, 0.3) is 16.9 Å². The lowest BCUT2D eigenvalue weighted by Crippen LogP contribution is -2.33. The van der Waals surface area contributed by atoms with E-state index in [0.29, 0.717) is 17.9 Å². The van der Waals surface area contributed by atoms with Crippen LogP contribution in [0.3, 0.4) is 0 Å². The second-order valence-corrected chi connectivity index (χ2v) is 6.50. The number of imidazole rings is 1. The number of benzene rings is 1. The first-order valence-corrected chi connectivity index (χ1v) is 9.08. The van der Waals surface area contributed by atoms with Crippen LogP contribution in [-0.4, -0.2) is 32.9 Å². The maximum Gasteiger partial charge on any atom is 0.252 e. The summed E-state index contributed by atoms with van der Waals surface area (Å²) >= 11 is 0. The van der Waals surface area contributed by atoms with E-state index in [2.05, 4.69) is 15.3 Å². The van der Waals surface area contributed by atoms with Crippen LogP contribution in [0, 0.1) is 0 Å². The van der Waals surface area contributed by atoms with Gasteiger partial charge in [-0.1, -0.05) is 30.3 Å². The average Bonchev–Trinajstić information content (AvgIpc) is 3.17. The molecule has 0 saturated carbocycles. The molecule has 6 heteroatoms. The molecule has 1 atom stereocenters. The first-order valence-electron chi connectivity index (χ1n) is 9.08. The molecule has 140 valence electrons. The van der Waals surface area contributed by atoms with Crippen molar-refractivity contribution in [1.29, 1.82) is 0 Å². The fourth-order valence-corrected chi connectivity index (χ4v) is 2.90. The van der Waals surface area contributed by atoms with Crippen LogP contribution < -0.4 is 10.1 Å². The van der Waals surface area contributed by atoms with Crippen LogP contribution >= 0.6 is 0 Å². The van der Waals surface area contributed by atoms with Crippen LogP contribution in [0.15, 0.2) is 79.4 Å². The number of carbonyl (C=O) groups is 1. The van der Waals surface area contributed by atoms with Crippen molar-refractivity contribution in [2.75, 3.05) is 6.54 Å².